The molecule has 0 saturated heterocycles. The molecule has 0 unspecified atom stereocenters. The van der Waals surface area contributed by atoms with E-state index in [-0.39, 0.29) is 20.3 Å². The Morgan fingerprint density at radius 1 is 0.793 bits per heavy atom. The molecule has 0 aromatic heterocycles. The summed E-state index contributed by atoms with van der Waals surface area (Å²) < 4.78 is 11.0. The molecule has 3 rings (SSSR count). The predicted octanol–water partition coefficient (Wildman–Crippen LogP) is 5.53. The Labute approximate surface area is 174 Å². The summed E-state index contributed by atoms with van der Waals surface area (Å²) in [6.07, 6.45) is -0.151. The number of rotatable bonds is 8. The van der Waals surface area contributed by atoms with Gasteiger partial charge in [0.1, 0.15) is 5.71 Å². The minimum atomic E-state index is -0.687. The second kappa shape index (κ2) is 10.5. The highest BCUT2D eigenvalue weighted by atomic mass is 32.2. The molecule has 3 aromatic rings. The van der Waals surface area contributed by atoms with E-state index in [1.165, 1.54) is 0 Å². The Balaban J connectivity index is 1.71. The molecule has 0 radical (unpaired) electrons. The summed E-state index contributed by atoms with van der Waals surface area (Å²) in [4.78, 5) is 31.6. The summed E-state index contributed by atoms with van der Waals surface area (Å²) in [5.74, 6) is -1.13. The summed E-state index contributed by atoms with van der Waals surface area (Å²) in [5, 5.41) is 3.66. The standard InChI is InChI=1S/C22H16NO4PS/c24-21(16-11-13-19(14-12-16)29-18-9-5-2-6-10-18)20(15-28-26)23-27-22(25)17-7-3-1-4-8-17/h1-14H,15H2/b23-20+. The highest BCUT2D eigenvalue weighted by Gasteiger charge is 2.17. The van der Waals surface area contributed by atoms with E-state index in [2.05, 4.69) is 5.16 Å². The van der Waals surface area contributed by atoms with Crippen LogP contribution in [0.15, 0.2) is 99.9 Å². The molecule has 29 heavy (non-hydrogen) atoms. The third-order valence-corrected chi connectivity index (χ3v) is 5.26. The van der Waals surface area contributed by atoms with Crippen molar-refractivity contribution in [3.05, 3.63) is 96.1 Å². The average Bonchev–Trinajstić information content (AvgIpc) is 2.78. The molecule has 0 fully saturated rings. The van der Waals surface area contributed by atoms with E-state index in [0.29, 0.717) is 11.1 Å². The Morgan fingerprint density at radius 2 is 1.38 bits per heavy atom. The number of benzene rings is 3. The van der Waals surface area contributed by atoms with Gasteiger partial charge in [0.2, 0.25) is 5.78 Å². The van der Waals surface area contributed by atoms with E-state index < -0.39 is 11.8 Å². The molecule has 0 atom stereocenters. The molecular weight excluding hydrogens is 405 g/mol. The molecule has 0 heterocycles. The van der Waals surface area contributed by atoms with E-state index in [1.54, 1.807) is 54.2 Å². The van der Waals surface area contributed by atoms with Crippen LogP contribution in [0.3, 0.4) is 0 Å². The molecule has 0 bridgehead atoms. The lowest BCUT2D eigenvalue weighted by Crippen LogP contribution is -2.17. The smallest absolute Gasteiger partial charge is 0.312 e. The van der Waals surface area contributed by atoms with Crippen LogP contribution in [0, 0.1) is 0 Å². The van der Waals surface area contributed by atoms with Crippen molar-refractivity contribution in [1.82, 2.24) is 0 Å². The number of Topliss-reactive ketones (excluding diaryl/α,β-unsaturated/α-hetero) is 1. The van der Waals surface area contributed by atoms with E-state index in [0.717, 1.165) is 9.79 Å². The summed E-state index contributed by atoms with van der Waals surface area (Å²) in [6, 6.07) is 25.2. The van der Waals surface area contributed by atoms with Gasteiger partial charge in [0.25, 0.3) is 0 Å². The second-order valence-corrected chi connectivity index (χ2v) is 7.56. The minimum absolute atomic E-state index is 0.0885. The Hall–Kier alpha value is -3.08. The molecule has 0 aliphatic carbocycles. The van der Waals surface area contributed by atoms with Gasteiger partial charge >= 0.3 is 5.97 Å². The molecule has 144 valence electrons. The number of carbonyl (C=O) groups excluding carboxylic acids is 2. The van der Waals surface area contributed by atoms with Crippen LogP contribution in [0.2, 0.25) is 0 Å². The molecule has 0 spiro atoms. The zero-order chi connectivity index (χ0) is 20.5. The average molecular weight is 421 g/mol. The topological polar surface area (TPSA) is 72.8 Å². The molecular formula is C22H16NO4PS. The van der Waals surface area contributed by atoms with E-state index in [9.17, 15) is 14.2 Å². The molecule has 0 saturated carbocycles. The molecule has 0 amide bonds. The Kier molecular flexibility index (Phi) is 7.45. The summed E-state index contributed by atoms with van der Waals surface area (Å²) in [6.45, 7) is 0. The number of carbonyl (C=O) groups is 2. The summed E-state index contributed by atoms with van der Waals surface area (Å²) in [5.41, 5.74) is 0.597. The zero-order valence-corrected chi connectivity index (χ0v) is 16.9. The highest BCUT2D eigenvalue weighted by molar-refractivity contribution is 7.99. The molecule has 3 aromatic carbocycles. The van der Waals surface area contributed by atoms with Crippen molar-refractivity contribution < 1.29 is 19.0 Å². The fourth-order valence-corrected chi connectivity index (χ4v) is 3.55. The normalized spacial score (nSPS) is 11.2. The lowest BCUT2D eigenvalue weighted by Gasteiger charge is -2.05. The van der Waals surface area contributed by atoms with Gasteiger partial charge in [-0.25, -0.2) is 4.79 Å². The van der Waals surface area contributed by atoms with Gasteiger partial charge in [0.05, 0.1) is 11.7 Å². The molecule has 0 aliphatic heterocycles. The van der Waals surface area contributed by atoms with Gasteiger partial charge in [-0.15, -0.1) is 0 Å². The van der Waals surface area contributed by atoms with E-state index in [4.69, 9.17) is 4.84 Å². The highest BCUT2D eigenvalue weighted by Crippen LogP contribution is 2.27. The van der Waals surface area contributed by atoms with Crippen LogP contribution in [-0.4, -0.2) is 23.6 Å². The largest absolute Gasteiger partial charge is 0.365 e. The van der Waals surface area contributed by atoms with Crippen molar-refractivity contribution in [2.75, 3.05) is 6.16 Å². The molecule has 7 heteroatoms. The van der Waals surface area contributed by atoms with Gasteiger partial charge in [-0.05, 0) is 48.5 Å². The second-order valence-electron chi connectivity index (χ2n) is 5.84. The number of hydrogen-bond acceptors (Lipinski definition) is 6. The first-order chi connectivity index (χ1) is 14.2. The lowest BCUT2D eigenvalue weighted by atomic mass is 10.1. The van der Waals surface area contributed by atoms with Gasteiger partial charge < -0.3 is 4.84 Å². The van der Waals surface area contributed by atoms with Gasteiger partial charge in [-0.3, -0.25) is 9.36 Å². The fourth-order valence-electron chi connectivity index (χ4n) is 2.39. The first kappa shape index (κ1) is 20.6. The maximum Gasteiger partial charge on any atom is 0.365 e. The zero-order valence-electron chi connectivity index (χ0n) is 15.2. The lowest BCUT2D eigenvalue weighted by molar-refractivity contribution is 0.0515. The number of hydrogen-bond donors (Lipinski definition) is 0. The van der Waals surface area contributed by atoms with Crippen molar-refractivity contribution in [2.24, 2.45) is 5.16 Å². The van der Waals surface area contributed by atoms with Crippen LogP contribution >= 0.6 is 20.2 Å². The van der Waals surface area contributed by atoms with Gasteiger partial charge in [-0.1, -0.05) is 53.3 Å². The summed E-state index contributed by atoms with van der Waals surface area (Å²) >= 11 is 1.58. The first-order valence-electron chi connectivity index (χ1n) is 8.67. The monoisotopic (exact) mass is 421 g/mol. The van der Waals surface area contributed by atoms with Crippen molar-refractivity contribution >= 4 is 37.7 Å². The van der Waals surface area contributed by atoms with Crippen molar-refractivity contribution in [2.45, 2.75) is 9.79 Å². The van der Waals surface area contributed by atoms with Gasteiger partial charge in [0.15, 0.2) is 8.46 Å². The quantitative estimate of drug-likeness (QED) is 0.157. The molecule has 0 N–H and O–H groups in total. The van der Waals surface area contributed by atoms with E-state index >= 15 is 0 Å². The third kappa shape index (κ3) is 5.95. The van der Waals surface area contributed by atoms with Gasteiger partial charge in [0, 0.05) is 15.4 Å². The fraction of sp³-hybridized carbons (Fsp3) is 0.0455. The maximum atomic E-state index is 12.7. The van der Waals surface area contributed by atoms with Crippen LogP contribution in [0.4, 0.5) is 0 Å². The van der Waals surface area contributed by atoms with Crippen LogP contribution < -0.4 is 0 Å². The van der Waals surface area contributed by atoms with Crippen LogP contribution in [0.25, 0.3) is 0 Å². The Morgan fingerprint density at radius 3 is 2.00 bits per heavy atom. The third-order valence-electron chi connectivity index (χ3n) is 3.82. The predicted molar refractivity (Wildman–Crippen MR) is 113 cm³/mol. The maximum absolute atomic E-state index is 12.7. The van der Waals surface area contributed by atoms with Crippen LogP contribution in [-0.2, 0) is 9.40 Å². The number of nitrogens with zero attached hydrogens (tertiary/aromatic N) is 1. The van der Waals surface area contributed by atoms with Crippen LogP contribution in [0.1, 0.15) is 20.7 Å². The summed E-state index contributed by atoms with van der Waals surface area (Å²) in [7, 11) is -0.292. The van der Waals surface area contributed by atoms with Crippen molar-refractivity contribution in [3.63, 3.8) is 0 Å². The first-order valence-corrected chi connectivity index (χ1v) is 10.5. The molecule has 0 aliphatic rings. The van der Waals surface area contributed by atoms with Crippen LogP contribution in [0.5, 0.6) is 0 Å². The van der Waals surface area contributed by atoms with Crippen molar-refractivity contribution in [3.8, 4) is 0 Å². The number of oxime groups is 1. The minimum Gasteiger partial charge on any atom is -0.312 e. The molecule has 5 nitrogen and oxygen atoms in total. The van der Waals surface area contributed by atoms with E-state index in [1.807, 2.05) is 42.5 Å². The Bertz CT molecular complexity index is 1020. The van der Waals surface area contributed by atoms with Crippen molar-refractivity contribution in [1.29, 1.82) is 0 Å². The number of ketones is 1. The SMILES string of the molecule is O=PC/C(=N\OC(=O)c1ccccc1)C(=O)c1ccc(Sc2ccccc2)cc1. The van der Waals surface area contributed by atoms with Gasteiger partial charge in [-0.2, -0.15) is 0 Å².